The van der Waals surface area contributed by atoms with Crippen molar-refractivity contribution in [3.05, 3.63) is 86.7 Å². The summed E-state index contributed by atoms with van der Waals surface area (Å²) in [5.74, 6) is 0.904. The molecule has 1 amide bonds. The maximum Gasteiger partial charge on any atom is 0.279 e. The first-order valence-corrected chi connectivity index (χ1v) is 11.1. The number of thioether (sulfide) groups is 1. The van der Waals surface area contributed by atoms with Gasteiger partial charge in [0.2, 0.25) is 5.91 Å². The molecule has 0 saturated carbocycles. The van der Waals surface area contributed by atoms with E-state index in [0.717, 1.165) is 17.5 Å². The van der Waals surface area contributed by atoms with Crippen molar-refractivity contribution in [2.24, 2.45) is 7.05 Å². The molecule has 0 spiro atoms. The van der Waals surface area contributed by atoms with Crippen molar-refractivity contribution in [2.75, 3.05) is 5.32 Å². The zero-order chi connectivity index (χ0) is 21.3. The van der Waals surface area contributed by atoms with E-state index in [9.17, 15) is 9.59 Å². The van der Waals surface area contributed by atoms with E-state index >= 15 is 0 Å². The zero-order valence-corrected chi connectivity index (χ0v) is 18.3. The second-order valence-electron chi connectivity index (χ2n) is 7.70. The molecule has 0 aliphatic carbocycles. The second-order valence-corrected chi connectivity index (χ2v) is 8.64. The molecule has 1 aliphatic heterocycles. The van der Waals surface area contributed by atoms with Gasteiger partial charge in [-0.2, -0.15) is 4.98 Å². The standard InChI is InChI=1S/C24H25N3O2S/c1-4-16-9-11-18(12-10-16)19-13-20(28)25-22-21(19)23(29)26-24(27(22)3)30-14-17-7-5-15(2)6-8-17/h5-12,19H,4,13-14H2,1-3H3,(H,25,28). The van der Waals surface area contributed by atoms with Gasteiger partial charge < -0.3 is 9.88 Å². The summed E-state index contributed by atoms with van der Waals surface area (Å²) in [5.41, 5.74) is 4.88. The highest BCUT2D eigenvalue weighted by molar-refractivity contribution is 7.98. The Bertz CT molecular complexity index is 1130. The van der Waals surface area contributed by atoms with Gasteiger partial charge >= 0.3 is 0 Å². The van der Waals surface area contributed by atoms with Gasteiger partial charge in [-0.15, -0.1) is 0 Å². The minimum absolute atomic E-state index is 0.0808. The van der Waals surface area contributed by atoms with Crippen LogP contribution >= 0.6 is 11.8 Å². The van der Waals surface area contributed by atoms with Crippen molar-refractivity contribution < 1.29 is 4.79 Å². The van der Waals surface area contributed by atoms with Gasteiger partial charge in [-0.05, 0) is 30.0 Å². The number of nitrogens with zero attached hydrogens (tertiary/aromatic N) is 2. The molecule has 2 heterocycles. The SMILES string of the molecule is CCc1ccc(C2CC(=O)Nc3c2c(=O)nc(SCc2ccc(C)cc2)n3C)cc1. The van der Waals surface area contributed by atoms with Crippen LogP contribution in [0.15, 0.2) is 58.5 Å². The molecule has 30 heavy (non-hydrogen) atoms. The third kappa shape index (κ3) is 4.05. The summed E-state index contributed by atoms with van der Waals surface area (Å²) in [6.07, 6.45) is 1.21. The highest BCUT2D eigenvalue weighted by Gasteiger charge is 2.32. The fraction of sp³-hybridized carbons (Fsp3) is 0.292. The number of aryl methyl sites for hydroxylation is 2. The number of aromatic nitrogens is 2. The predicted molar refractivity (Wildman–Crippen MR) is 121 cm³/mol. The normalized spacial score (nSPS) is 15.6. The lowest BCUT2D eigenvalue weighted by Crippen LogP contribution is -2.33. The number of hydrogen-bond acceptors (Lipinski definition) is 4. The smallest absolute Gasteiger partial charge is 0.279 e. The summed E-state index contributed by atoms with van der Waals surface area (Å²) >= 11 is 1.50. The molecule has 0 radical (unpaired) electrons. The van der Waals surface area contributed by atoms with Crippen molar-refractivity contribution >= 4 is 23.5 Å². The zero-order valence-electron chi connectivity index (χ0n) is 17.4. The Hall–Kier alpha value is -2.86. The van der Waals surface area contributed by atoms with Crippen LogP contribution in [-0.4, -0.2) is 15.5 Å². The van der Waals surface area contributed by atoms with Gasteiger partial charge in [-0.1, -0.05) is 72.8 Å². The Balaban J connectivity index is 1.68. The first kappa shape index (κ1) is 20.4. The Kier molecular flexibility index (Phi) is 5.77. The fourth-order valence-electron chi connectivity index (χ4n) is 3.77. The van der Waals surface area contributed by atoms with Gasteiger partial charge in [0.25, 0.3) is 5.56 Å². The number of nitrogens with one attached hydrogen (secondary N) is 1. The van der Waals surface area contributed by atoms with Gasteiger partial charge in [0.1, 0.15) is 5.82 Å². The van der Waals surface area contributed by atoms with Gasteiger partial charge in [0.05, 0.1) is 5.56 Å². The van der Waals surface area contributed by atoms with Crippen LogP contribution in [0.4, 0.5) is 5.82 Å². The third-order valence-electron chi connectivity index (χ3n) is 5.58. The molecule has 0 fully saturated rings. The lowest BCUT2D eigenvalue weighted by molar-refractivity contribution is -0.116. The lowest BCUT2D eigenvalue weighted by Gasteiger charge is -2.27. The molecule has 4 rings (SSSR count). The van der Waals surface area contributed by atoms with E-state index < -0.39 is 0 Å². The summed E-state index contributed by atoms with van der Waals surface area (Å²) < 4.78 is 1.83. The molecule has 3 aromatic rings. The number of amides is 1. The molecule has 5 nitrogen and oxygen atoms in total. The highest BCUT2D eigenvalue weighted by Crippen LogP contribution is 2.36. The van der Waals surface area contributed by atoms with Crippen molar-refractivity contribution in [3.8, 4) is 0 Å². The molecular weight excluding hydrogens is 394 g/mol. The molecule has 1 atom stereocenters. The van der Waals surface area contributed by atoms with Gasteiger partial charge in [-0.3, -0.25) is 9.59 Å². The molecule has 1 aromatic heterocycles. The van der Waals surface area contributed by atoms with E-state index in [0.29, 0.717) is 22.3 Å². The molecule has 2 aromatic carbocycles. The largest absolute Gasteiger partial charge is 0.312 e. The maximum absolute atomic E-state index is 13.0. The topological polar surface area (TPSA) is 64.0 Å². The minimum atomic E-state index is -0.276. The number of anilines is 1. The van der Waals surface area contributed by atoms with Crippen molar-refractivity contribution in [1.29, 1.82) is 0 Å². The number of benzene rings is 2. The minimum Gasteiger partial charge on any atom is -0.312 e. The molecule has 1 unspecified atom stereocenters. The van der Waals surface area contributed by atoms with Crippen LogP contribution in [0.5, 0.6) is 0 Å². The Morgan fingerprint density at radius 3 is 2.40 bits per heavy atom. The van der Waals surface area contributed by atoms with E-state index in [4.69, 9.17) is 0 Å². The van der Waals surface area contributed by atoms with E-state index in [1.165, 1.54) is 22.9 Å². The number of fused-ring (bicyclic) bond motifs is 1. The summed E-state index contributed by atoms with van der Waals surface area (Å²) in [6, 6.07) is 16.5. The molecule has 1 N–H and O–H groups in total. The van der Waals surface area contributed by atoms with E-state index in [-0.39, 0.29) is 23.8 Å². The van der Waals surface area contributed by atoms with E-state index in [1.807, 2.05) is 23.7 Å². The van der Waals surface area contributed by atoms with Crippen molar-refractivity contribution in [2.45, 2.75) is 43.5 Å². The number of rotatable bonds is 5. The monoisotopic (exact) mass is 419 g/mol. The van der Waals surface area contributed by atoms with Crippen molar-refractivity contribution in [3.63, 3.8) is 0 Å². The van der Waals surface area contributed by atoms with Crippen LogP contribution in [-0.2, 0) is 24.0 Å². The van der Waals surface area contributed by atoms with Gasteiger partial charge in [-0.25, -0.2) is 0 Å². The van der Waals surface area contributed by atoms with Crippen LogP contribution in [0.1, 0.15) is 47.1 Å². The Labute approximate surface area is 180 Å². The second kappa shape index (κ2) is 8.48. The Morgan fingerprint density at radius 1 is 1.07 bits per heavy atom. The molecule has 154 valence electrons. The summed E-state index contributed by atoms with van der Waals surface area (Å²) in [5, 5.41) is 3.51. The quantitative estimate of drug-likeness (QED) is 0.491. The molecule has 0 bridgehead atoms. The lowest BCUT2D eigenvalue weighted by atomic mass is 9.86. The van der Waals surface area contributed by atoms with Crippen LogP contribution < -0.4 is 10.9 Å². The average Bonchev–Trinajstić information content (AvgIpc) is 2.75. The molecule has 6 heteroatoms. The first-order valence-electron chi connectivity index (χ1n) is 10.1. The summed E-state index contributed by atoms with van der Waals surface area (Å²) in [4.78, 5) is 29.9. The first-order chi connectivity index (χ1) is 14.5. The molecular formula is C24H25N3O2S. The summed E-state index contributed by atoms with van der Waals surface area (Å²) in [7, 11) is 1.85. The fourth-order valence-corrected chi connectivity index (χ4v) is 4.69. The average molecular weight is 420 g/mol. The molecule has 1 aliphatic rings. The third-order valence-corrected chi connectivity index (χ3v) is 6.68. The maximum atomic E-state index is 13.0. The molecule has 0 saturated heterocycles. The number of carbonyl (C=O) groups is 1. The van der Waals surface area contributed by atoms with E-state index in [2.05, 4.69) is 60.5 Å². The van der Waals surface area contributed by atoms with E-state index in [1.54, 1.807) is 0 Å². The van der Waals surface area contributed by atoms with Crippen LogP contribution in [0.25, 0.3) is 0 Å². The van der Waals surface area contributed by atoms with Gasteiger partial charge in [0, 0.05) is 25.1 Å². The van der Waals surface area contributed by atoms with Crippen LogP contribution in [0.2, 0.25) is 0 Å². The Morgan fingerprint density at radius 2 is 1.73 bits per heavy atom. The highest BCUT2D eigenvalue weighted by atomic mass is 32.2. The van der Waals surface area contributed by atoms with Gasteiger partial charge in [0.15, 0.2) is 5.16 Å². The number of carbonyl (C=O) groups excluding carboxylic acids is 1. The number of hydrogen-bond donors (Lipinski definition) is 1. The van der Waals surface area contributed by atoms with Crippen LogP contribution in [0.3, 0.4) is 0 Å². The van der Waals surface area contributed by atoms with Crippen molar-refractivity contribution in [1.82, 2.24) is 9.55 Å². The summed E-state index contributed by atoms with van der Waals surface area (Å²) in [6.45, 7) is 4.16. The van der Waals surface area contributed by atoms with Crippen LogP contribution in [0, 0.1) is 6.92 Å². The predicted octanol–water partition coefficient (Wildman–Crippen LogP) is 4.42.